The highest BCUT2D eigenvalue weighted by atomic mass is 32.2. The molecule has 1 atom stereocenters. The van der Waals surface area contributed by atoms with Crippen molar-refractivity contribution in [1.82, 2.24) is 4.90 Å². The van der Waals surface area contributed by atoms with Crippen LogP contribution < -0.4 is 4.31 Å². The van der Waals surface area contributed by atoms with E-state index in [1.165, 1.54) is 10.4 Å². The number of carbonyl (C=O) groups excluding carboxylic acids is 1. The Morgan fingerprint density at radius 2 is 1.93 bits per heavy atom. The number of nitrogens with zero attached hydrogens (tertiary/aromatic N) is 2. The fourth-order valence-corrected chi connectivity index (χ4v) is 6.23. The van der Waals surface area contributed by atoms with Crippen LogP contribution in [0.15, 0.2) is 70.9 Å². The van der Waals surface area contributed by atoms with Crippen LogP contribution in [0.1, 0.15) is 27.7 Å². The lowest BCUT2D eigenvalue weighted by molar-refractivity contribution is 0.0786. The summed E-state index contributed by atoms with van der Waals surface area (Å²) in [6, 6.07) is 17.6. The minimum Gasteiger partial charge on any atom is -0.337 e. The average molecular weight is 427 g/mol. The molecule has 0 N–H and O–H groups in total. The molecule has 4 rings (SSSR count). The Balaban J connectivity index is 1.64. The van der Waals surface area contributed by atoms with Gasteiger partial charge in [0.25, 0.3) is 15.9 Å². The van der Waals surface area contributed by atoms with Crippen LogP contribution in [0.3, 0.4) is 0 Å². The molecular formula is C22H22N2O3S2. The maximum atomic E-state index is 13.4. The standard InChI is InChI=1S/C22H22N2O3S2/c1-16-13-17-7-3-4-11-21(17)24(16)29(26,27)20-10-5-8-18(14-20)22(25)23(2)15-19-9-6-12-28-19/h3-12,14,16H,13,15H2,1-2H3. The first-order chi connectivity index (χ1) is 13.9. The molecule has 150 valence electrons. The van der Waals surface area contributed by atoms with Gasteiger partial charge in [0, 0.05) is 23.5 Å². The number of thiophene rings is 1. The predicted octanol–water partition coefficient (Wildman–Crippen LogP) is 4.16. The summed E-state index contributed by atoms with van der Waals surface area (Å²) in [7, 11) is -2.04. The second-order valence-electron chi connectivity index (χ2n) is 7.25. The molecule has 1 amide bonds. The number of para-hydroxylation sites is 1. The van der Waals surface area contributed by atoms with Crippen molar-refractivity contribution in [2.45, 2.75) is 30.8 Å². The number of sulfonamides is 1. The molecule has 7 heteroatoms. The van der Waals surface area contributed by atoms with Gasteiger partial charge < -0.3 is 4.90 Å². The Hall–Kier alpha value is -2.64. The van der Waals surface area contributed by atoms with Crippen LogP contribution in [0.5, 0.6) is 0 Å². The summed E-state index contributed by atoms with van der Waals surface area (Å²) in [5.74, 6) is -0.203. The first kappa shape index (κ1) is 19.7. The number of benzene rings is 2. The molecule has 5 nitrogen and oxygen atoms in total. The number of hydrogen-bond donors (Lipinski definition) is 0. The van der Waals surface area contributed by atoms with Crippen LogP contribution in [-0.2, 0) is 23.0 Å². The topological polar surface area (TPSA) is 57.7 Å². The summed E-state index contributed by atoms with van der Waals surface area (Å²) in [6.07, 6.45) is 0.678. The average Bonchev–Trinajstić information content (AvgIpc) is 3.34. The summed E-state index contributed by atoms with van der Waals surface area (Å²) in [5, 5.41) is 1.97. The molecule has 0 spiro atoms. The van der Waals surface area contributed by atoms with Gasteiger partial charge in [-0.15, -0.1) is 11.3 Å². The molecule has 0 saturated heterocycles. The second-order valence-corrected chi connectivity index (χ2v) is 10.1. The van der Waals surface area contributed by atoms with Crippen LogP contribution >= 0.6 is 11.3 Å². The number of fused-ring (bicyclic) bond motifs is 1. The van der Waals surface area contributed by atoms with Crippen molar-refractivity contribution in [2.75, 3.05) is 11.4 Å². The second kappa shape index (κ2) is 7.65. The minimum absolute atomic E-state index is 0.136. The van der Waals surface area contributed by atoms with Crippen molar-refractivity contribution in [3.05, 3.63) is 82.0 Å². The van der Waals surface area contributed by atoms with Gasteiger partial charge in [0.1, 0.15) is 0 Å². The fourth-order valence-electron chi connectivity index (χ4n) is 3.74. The van der Waals surface area contributed by atoms with E-state index in [1.807, 2.05) is 48.7 Å². The minimum atomic E-state index is -3.77. The quantitative estimate of drug-likeness (QED) is 0.616. The Morgan fingerprint density at radius 1 is 1.14 bits per heavy atom. The Morgan fingerprint density at radius 3 is 2.69 bits per heavy atom. The third-order valence-electron chi connectivity index (χ3n) is 5.10. The maximum Gasteiger partial charge on any atom is 0.264 e. The van der Waals surface area contributed by atoms with Gasteiger partial charge >= 0.3 is 0 Å². The summed E-state index contributed by atoms with van der Waals surface area (Å²) in [6.45, 7) is 2.39. The van der Waals surface area contributed by atoms with E-state index in [-0.39, 0.29) is 16.8 Å². The monoisotopic (exact) mass is 426 g/mol. The molecule has 0 fully saturated rings. The number of anilines is 1. The first-order valence-electron chi connectivity index (χ1n) is 9.38. The lowest BCUT2D eigenvalue weighted by Crippen LogP contribution is -2.36. The van der Waals surface area contributed by atoms with E-state index in [4.69, 9.17) is 0 Å². The Bertz CT molecular complexity index is 1140. The van der Waals surface area contributed by atoms with Crippen LogP contribution in [0.4, 0.5) is 5.69 Å². The first-order valence-corrected chi connectivity index (χ1v) is 11.7. The zero-order valence-corrected chi connectivity index (χ0v) is 17.9. The highest BCUT2D eigenvalue weighted by molar-refractivity contribution is 7.92. The van der Waals surface area contributed by atoms with Crippen molar-refractivity contribution in [3.8, 4) is 0 Å². The van der Waals surface area contributed by atoms with Gasteiger partial charge in [-0.25, -0.2) is 8.42 Å². The summed E-state index contributed by atoms with van der Waals surface area (Å²) in [4.78, 5) is 15.7. The van der Waals surface area contributed by atoms with E-state index in [9.17, 15) is 13.2 Å². The van der Waals surface area contributed by atoms with Crippen molar-refractivity contribution >= 4 is 33.0 Å². The number of amides is 1. The molecule has 2 heterocycles. The number of hydrogen-bond acceptors (Lipinski definition) is 4. The van der Waals surface area contributed by atoms with Crippen molar-refractivity contribution in [3.63, 3.8) is 0 Å². The van der Waals surface area contributed by atoms with Gasteiger partial charge in [0.15, 0.2) is 0 Å². The molecule has 3 aromatic rings. The highest BCUT2D eigenvalue weighted by Crippen LogP contribution is 2.36. The predicted molar refractivity (Wildman–Crippen MR) is 116 cm³/mol. The van der Waals surface area contributed by atoms with Gasteiger partial charge in [-0.2, -0.15) is 0 Å². The van der Waals surface area contributed by atoms with E-state index in [1.54, 1.807) is 41.5 Å². The Kier molecular flexibility index (Phi) is 5.19. The number of carbonyl (C=O) groups is 1. The van der Waals surface area contributed by atoms with E-state index in [0.29, 0.717) is 24.2 Å². The summed E-state index contributed by atoms with van der Waals surface area (Å²) >= 11 is 1.59. The van der Waals surface area contributed by atoms with Crippen molar-refractivity contribution in [1.29, 1.82) is 0 Å². The third-order valence-corrected chi connectivity index (χ3v) is 7.89. The van der Waals surface area contributed by atoms with Gasteiger partial charge in [-0.3, -0.25) is 9.10 Å². The molecule has 29 heavy (non-hydrogen) atoms. The van der Waals surface area contributed by atoms with Crippen LogP contribution in [0.2, 0.25) is 0 Å². The van der Waals surface area contributed by atoms with Crippen LogP contribution in [-0.4, -0.2) is 32.3 Å². The Labute approximate surface area is 175 Å². The maximum absolute atomic E-state index is 13.4. The molecule has 0 radical (unpaired) electrons. The van der Waals surface area contributed by atoms with Crippen LogP contribution in [0, 0.1) is 0 Å². The zero-order chi connectivity index (χ0) is 20.6. The molecule has 0 saturated carbocycles. The molecule has 0 aliphatic carbocycles. The van der Waals surface area contributed by atoms with E-state index >= 15 is 0 Å². The smallest absolute Gasteiger partial charge is 0.264 e. The number of rotatable bonds is 5. The highest BCUT2D eigenvalue weighted by Gasteiger charge is 2.36. The van der Waals surface area contributed by atoms with Crippen LogP contribution in [0.25, 0.3) is 0 Å². The van der Waals surface area contributed by atoms with Gasteiger partial charge in [0.05, 0.1) is 17.1 Å². The van der Waals surface area contributed by atoms with Gasteiger partial charge in [0.2, 0.25) is 0 Å². The van der Waals surface area contributed by atoms with Crippen molar-refractivity contribution in [2.24, 2.45) is 0 Å². The summed E-state index contributed by atoms with van der Waals surface area (Å²) < 4.78 is 28.3. The molecule has 1 aliphatic rings. The van der Waals surface area contributed by atoms with Gasteiger partial charge in [-0.05, 0) is 54.6 Å². The molecule has 0 bridgehead atoms. The third kappa shape index (κ3) is 3.68. The van der Waals surface area contributed by atoms with E-state index < -0.39 is 10.0 Å². The lowest BCUT2D eigenvalue weighted by Gasteiger charge is -2.25. The lowest BCUT2D eigenvalue weighted by atomic mass is 10.1. The fraction of sp³-hybridized carbons (Fsp3) is 0.227. The van der Waals surface area contributed by atoms with E-state index in [0.717, 1.165) is 10.4 Å². The SMILES string of the molecule is CC1Cc2ccccc2N1S(=O)(=O)c1cccc(C(=O)N(C)Cc2cccs2)c1. The molecule has 1 unspecified atom stereocenters. The largest absolute Gasteiger partial charge is 0.337 e. The molecule has 2 aromatic carbocycles. The molecule has 1 aliphatic heterocycles. The zero-order valence-electron chi connectivity index (χ0n) is 16.3. The van der Waals surface area contributed by atoms with Crippen molar-refractivity contribution < 1.29 is 13.2 Å². The molecule has 1 aromatic heterocycles. The van der Waals surface area contributed by atoms with E-state index in [2.05, 4.69) is 0 Å². The summed E-state index contributed by atoms with van der Waals surface area (Å²) in [5.41, 5.74) is 2.10. The normalized spacial score (nSPS) is 15.9. The molecular weight excluding hydrogens is 404 g/mol. The van der Waals surface area contributed by atoms with Gasteiger partial charge in [-0.1, -0.05) is 30.3 Å².